The van der Waals surface area contributed by atoms with Crippen molar-refractivity contribution < 1.29 is 19.1 Å². The molecule has 6 nitrogen and oxygen atoms in total. The molecule has 0 fully saturated rings. The summed E-state index contributed by atoms with van der Waals surface area (Å²) in [7, 11) is 0. The van der Waals surface area contributed by atoms with Crippen molar-refractivity contribution in [2.24, 2.45) is 0 Å². The number of benzene rings is 3. The number of hydrogen-bond acceptors (Lipinski definition) is 4. The molecule has 0 aliphatic heterocycles. The van der Waals surface area contributed by atoms with Crippen LogP contribution in [0.3, 0.4) is 0 Å². The van der Waals surface area contributed by atoms with Gasteiger partial charge in [-0.1, -0.05) is 36.4 Å². The maximum absolute atomic E-state index is 11.8. The lowest BCUT2D eigenvalue weighted by Gasteiger charge is -2.09. The van der Waals surface area contributed by atoms with E-state index in [9.17, 15) is 9.59 Å². The van der Waals surface area contributed by atoms with Crippen LogP contribution in [-0.2, 0) is 9.59 Å². The second-order valence-corrected chi connectivity index (χ2v) is 5.87. The van der Waals surface area contributed by atoms with Gasteiger partial charge in [0.2, 0.25) is 5.91 Å². The molecule has 0 aliphatic rings. The van der Waals surface area contributed by atoms with Gasteiger partial charge >= 0.3 is 0 Å². The smallest absolute Gasteiger partial charge is 0.258 e. The number of para-hydroxylation sites is 2. The van der Waals surface area contributed by atoms with Gasteiger partial charge in [0.1, 0.15) is 17.2 Å². The van der Waals surface area contributed by atoms with Crippen molar-refractivity contribution in [1.29, 1.82) is 0 Å². The van der Waals surface area contributed by atoms with Crippen molar-refractivity contribution in [3.8, 4) is 17.2 Å². The molecule has 0 saturated carbocycles. The Labute approximate surface area is 163 Å². The van der Waals surface area contributed by atoms with Crippen LogP contribution < -0.4 is 20.1 Å². The van der Waals surface area contributed by atoms with Crippen molar-refractivity contribution in [2.45, 2.75) is 0 Å². The van der Waals surface area contributed by atoms with E-state index < -0.39 is 0 Å². The summed E-state index contributed by atoms with van der Waals surface area (Å²) in [6.45, 7) is -0.307. The number of carbonyl (C=O) groups is 2. The molecule has 3 aromatic rings. The van der Waals surface area contributed by atoms with Crippen LogP contribution in [0.1, 0.15) is 0 Å². The number of amides is 2. The lowest BCUT2D eigenvalue weighted by atomic mass is 10.3. The van der Waals surface area contributed by atoms with Gasteiger partial charge in [-0.15, -0.1) is 0 Å². The van der Waals surface area contributed by atoms with Crippen LogP contribution in [0.25, 0.3) is 0 Å². The van der Waals surface area contributed by atoms with Gasteiger partial charge in [-0.3, -0.25) is 9.59 Å². The molecule has 0 unspecified atom stereocenters. The van der Waals surface area contributed by atoms with E-state index in [1.807, 2.05) is 48.5 Å². The molecule has 3 rings (SSSR count). The van der Waals surface area contributed by atoms with Crippen LogP contribution in [-0.4, -0.2) is 25.0 Å². The van der Waals surface area contributed by atoms with Gasteiger partial charge in [-0.2, -0.15) is 0 Å². The van der Waals surface area contributed by atoms with Gasteiger partial charge in [0.25, 0.3) is 5.91 Å². The van der Waals surface area contributed by atoms with Crippen LogP contribution in [0.5, 0.6) is 17.2 Å². The first kappa shape index (κ1) is 19.0. The highest BCUT2D eigenvalue weighted by Crippen LogP contribution is 2.23. The van der Waals surface area contributed by atoms with E-state index >= 15 is 0 Å². The van der Waals surface area contributed by atoms with Crippen LogP contribution in [0.15, 0.2) is 84.9 Å². The first-order valence-corrected chi connectivity index (χ1v) is 8.76. The number of carbonyl (C=O) groups excluding carboxylic acids is 2. The predicted molar refractivity (Wildman–Crippen MR) is 107 cm³/mol. The number of hydrogen-bond donors (Lipinski definition) is 2. The average Bonchev–Trinajstić information content (AvgIpc) is 2.73. The van der Waals surface area contributed by atoms with Gasteiger partial charge in [-0.25, -0.2) is 0 Å². The first-order chi connectivity index (χ1) is 13.7. The van der Waals surface area contributed by atoms with Gasteiger partial charge in [-0.05, 0) is 48.5 Å². The van der Waals surface area contributed by atoms with Crippen LogP contribution in [0.4, 0.5) is 5.69 Å². The Morgan fingerprint density at radius 3 is 1.93 bits per heavy atom. The molecular weight excluding hydrogens is 356 g/mol. The summed E-state index contributed by atoms with van der Waals surface area (Å²) in [5, 5.41) is 5.21. The fraction of sp³-hybridized carbons (Fsp3) is 0.0909. The molecule has 0 spiro atoms. The zero-order valence-electron chi connectivity index (χ0n) is 15.1. The molecule has 0 aromatic heterocycles. The van der Waals surface area contributed by atoms with Gasteiger partial charge < -0.3 is 20.1 Å². The maximum atomic E-state index is 11.8. The number of nitrogens with one attached hydrogen (secondary N) is 2. The minimum absolute atomic E-state index is 0.124. The summed E-state index contributed by atoms with van der Waals surface area (Å²) >= 11 is 0. The van der Waals surface area contributed by atoms with Crippen LogP contribution >= 0.6 is 0 Å². The molecule has 0 saturated heterocycles. The Morgan fingerprint density at radius 2 is 1.25 bits per heavy atom. The lowest BCUT2D eigenvalue weighted by Crippen LogP contribution is -2.35. The highest BCUT2D eigenvalue weighted by Gasteiger charge is 2.07. The Morgan fingerprint density at radius 1 is 0.679 bits per heavy atom. The Kier molecular flexibility index (Phi) is 6.62. The maximum Gasteiger partial charge on any atom is 0.258 e. The fourth-order valence-corrected chi connectivity index (χ4v) is 2.33. The number of anilines is 1. The summed E-state index contributed by atoms with van der Waals surface area (Å²) in [6.07, 6.45) is 0. The standard InChI is InChI=1S/C22H20N2O4/c25-21(24-17-7-3-1-4-8-17)15-23-22(26)16-27-18-11-13-20(14-12-18)28-19-9-5-2-6-10-19/h1-14H,15-16H2,(H,23,26)(H,24,25). The molecule has 6 heteroatoms. The van der Waals surface area contributed by atoms with E-state index in [-0.39, 0.29) is 25.0 Å². The largest absolute Gasteiger partial charge is 0.484 e. The van der Waals surface area contributed by atoms with Crippen molar-refractivity contribution in [1.82, 2.24) is 5.32 Å². The third kappa shape index (κ3) is 6.17. The molecule has 2 amide bonds. The Hall–Kier alpha value is -3.80. The summed E-state index contributed by atoms with van der Waals surface area (Å²) in [5.41, 5.74) is 0.677. The van der Waals surface area contributed by atoms with Crippen molar-refractivity contribution in [3.05, 3.63) is 84.9 Å². The normalized spacial score (nSPS) is 10.0. The minimum atomic E-state index is -0.382. The lowest BCUT2D eigenvalue weighted by molar-refractivity contribution is -0.125. The molecule has 0 atom stereocenters. The minimum Gasteiger partial charge on any atom is -0.484 e. The topological polar surface area (TPSA) is 76.7 Å². The van der Waals surface area contributed by atoms with Gasteiger partial charge in [0.05, 0.1) is 6.54 Å². The molecule has 2 N–H and O–H groups in total. The van der Waals surface area contributed by atoms with Gasteiger partial charge in [0.15, 0.2) is 6.61 Å². The van der Waals surface area contributed by atoms with Crippen molar-refractivity contribution in [3.63, 3.8) is 0 Å². The first-order valence-electron chi connectivity index (χ1n) is 8.76. The average molecular weight is 376 g/mol. The van der Waals surface area contributed by atoms with Gasteiger partial charge in [0, 0.05) is 5.69 Å². The summed E-state index contributed by atoms with van der Waals surface area (Å²) in [5.74, 6) is 1.25. The van der Waals surface area contributed by atoms with Crippen molar-refractivity contribution >= 4 is 17.5 Å². The zero-order chi connectivity index (χ0) is 19.6. The molecule has 0 heterocycles. The number of ether oxygens (including phenoxy) is 2. The highest BCUT2D eigenvalue weighted by molar-refractivity contribution is 5.94. The van der Waals surface area contributed by atoms with E-state index in [2.05, 4.69) is 10.6 Å². The second-order valence-electron chi connectivity index (χ2n) is 5.87. The number of rotatable bonds is 8. The van der Waals surface area contributed by atoms with E-state index in [0.29, 0.717) is 17.2 Å². The molecule has 28 heavy (non-hydrogen) atoms. The van der Waals surface area contributed by atoms with Crippen molar-refractivity contribution in [2.75, 3.05) is 18.5 Å². The van der Waals surface area contributed by atoms with E-state index in [1.165, 1.54) is 0 Å². The molecule has 142 valence electrons. The Balaban J connectivity index is 1.39. The Bertz CT molecular complexity index is 897. The summed E-state index contributed by atoms with van der Waals surface area (Å²) in [6, 6.07) is 25.4. The SMILES string of the molecule is O=C(COc1ccc(Oc2ccccc2)cc1)NCC(=O)Nc1ccccc1. The van der Waals surface area contributed by atoms with E-state index in [1.54, 1.807) is 36.4 Å². The second kappa shape index (κ2) is 9.78. The molecule has 3 aromatic carbocycles. The molecule has 0 bridgehead atoms. The third-order valence-corrected chi connectivity index (χ3v) is 3.68. The summed E-state index contributed by atoms with van der Waals surface area (Å²) < 4.78 is 11.1. The third-order valence-electron chi connectivity index (χ3n) is 3.68. The monoisotopic (exact) mass is 376 g/mol. The predicted octanol–water partition coefficient (Wildman–Crippen LogP) is 3.61. The van der Waals surface area contributed by atoms with E-state index in [4.69, 9.17) is 9.47 Å². The molecule has 0 aliphatic carbocycles. The van der Waals surface area contributed by atoms with Crippen LogP contribution in [0, 0.1) is 0 Å². The van der Waals surface area contributed by atoms with E-state index in [0.717, 1.165) is 5.75 Å². The molecule has 0 radical (unpaired) electrons. The fourth-order valence-electron chi connectivity index (χ4n) is 2.33. The summed E-state index contributed by atoms with van der Waals surface area (Å²) in [4.78, 5) is 23.6. The zero-order valence-corrected chi connectivity index (χ0v) is 15.1. The quantitative estimate of drug-likeness (QED) is 0.630. The molecular formula is C22H20N2O4. The highest BCUT2D eigenvalue weighted by atomic mass is 16.5. The van der Waals surface area contributed by atoms with Crippen LogP contribution in [0.2, 0.25) is 0 Å².